The average Bonchev–Trinajstić information content (AvgIpc) is 2.93. The van der Waals surface area contributed by atoms with E-state index >= 15 is 0 Å². The minimum Gasteiger partial charge on any atom is -0.465 e. The van der Waals surface area contributed by atoms with Crippen LogP contribution < -0.4 is 0 Å². The maximum atomic E-state index is 13.0. The third-order valence-corrected chi connectivity index (χ3v) is 6.21. The SMILES string of the molecule is CCOC(=O)CN(C1(C)CCCC1)S(=O)(=O)c1ccccc1. The molecule has 5 nitrogen and oxygen atoms in total. The summed E-state index contributed by atoms with van der Waals surface area (Å²) >= 11 is 0. The van der Waals surface area contributed by atoms with Crippen LogP contribution in [0.25, 0.3) is 0 Å². The molecule has 0 N–H and O–H groups in total. The third-order valence-electron chi connectivity index (χ3n) is 4.19. The quantitative estimate of drug-likeness (QED) is 0.754. The van der Waals surface area contributed by atoms with Gasteiger partial charge in [0.2, 0.25) is 10.0 Å². The molecule has 1 aliphatic rings. The molecule has 1 aromatic carbocycles. The summed E-state index contributed by atoms with van der Waals surface area (Å²) in [5, 5.41) is 0. The van der Waals surface area contributed by atoms with Crippen LogP contribution in [0, 0.1) is 0 Å². The molecule has 1 fully saturated rings. The number of hydrogen-bond acceptors (Lipinski definition) is 4. The number of sulfonamides is 1. The van der Waals surface area contributed by atoms with Gasteiger partial charge in [0.1, 0.15) is 6.54 Å². The van der Waals surface area contributed by atoms with Crippen LogP contribution in [-0.4, -0.2) is 37.4 Å². The molecule has 6 heteroatoms. The Bertz CT molecular complexity index is 606. The van der Waals surface area contributed by atoms with E-state index in [2.05, 4.69) is 0 Å². The van der Waals surface area contributed by atoms with E-state index in [0.717, 1.165) is 25.7 Å². The van der Waals surface area contributed by atoms with Gasteiger partial charge < -0.3 is 4.74 Å². The Kier molecular flexibility index (Phi) is 5.24. The molecule has 1 saturated carbocycles. The molecule has 1 aliphatic carbocycles. The number of carbonyl (C=O) groups is 1. The van der Waals surface area contributed by atoms with Gasteiger partial charge >= 0.3 is 5.97 Å². The average molecular weight is 325 g/mol. The second-order valence-electron chi connectivity index (χ2n) is 5.83. The standard InChI is InChI=1S/C16H23NO4S/c1-3-21-15(18)13-17(16(2)11-7-8-12-16)22(19,20)14-9-5-4-6-10-14/h4-6,9-10H,3,7-8,11-13H2,1-2H3. The van der Waals surface area contributed by atoms with Crippen LogP contribution in [0.3, 0.4) is 0 Å². The first-order chi connectivity index (χ1) is 10.4. The molecular formula is C16H23NO4S. The van der Waals surface area contributed by atoms with Crippen molar-refractivity contribution in [2.24, 2.45) is 0 Å². The van der Waals surface area contributed by atoms with Gasteiger partial charge in [0.15, 0.2) is 0 Å². The van der Waals surface area contributed by atoms with Crippen LogP contribution in [0.15, 0.2) is 35.2 Å². The predicted octanol–water partition coefficient (Wildman–Crippen LogP) is 2.57. The molecule has 0 spiro atoms. The zero-order chi connectivity index (χ0) is 16.2. The molecule has 0 aromatic heterocycles. The highest BCUT2D eigenvalue weighted by molar-refractivity contribution is 7.89. The zero-order valence-corrected chi connectivity index (χ0v) is 13.9. The molecule has 0 unspecified atom stereocenters. The highest BCUT2D eigenvalue weighted by atomic mass is 32.2. The lowest BCUT2D eigenvalue weighted by atomic mass is 10.0. The number of hydrogen-bond donors (Lipinski definition) is 0. The molecule has 22 heavy (non-hydrogen) atoms. The molecular weight excluding hydrogens is 302 g/mol. The van der Waals surface area contributed by atoms with Crippen LogP contribution in [0.4, 0.5) is 0 Å². The minimum atomic E-state index is -3.72. The van der Waals surface area contributed by atoms with Gasteiger partial charge in [-0.15, -0.1) is 0 Å². The van der Waals surface area contributed by atoms with Crippen molar-refractivity contribution in [2.75, 3.05) is 13.2 Å². The van der Waals surface area contributed by atoms with Crippen molar-refractivity contribution in [1.82, 2.24) is 4.31 Å². The second-order valence-corrected chi connectivity index (χ2v) is 7.70. The smallest absolute Gasteiger partial charge is 0.321 e. The Labute approximate surface area is 132 Å². The van der Waals surface area contributed by atoms with E-state index in [1.165, 1.54) is 4.31 Å². The van der Waals surface area contributed by atoms with E-state index in [0.29, 0.717) is 0 Å². The van der Waals surface area contributed by atoms with Gasteiger partial charge in [0.05, 0.1) is 11.5 Å². The molecule has 0 aliphatic heterocycles. The fourth-order valence-electron chi connectivity index (χ4n) is 3.00. The van der Waals surface area contributed by atoms with Gasteiger partial charge in [-0.2, -0.15) is 4.31 Å². The first kappa shape index (κ1) is 17.0. The fraction of sp³-hybridized carbons (Fsp3) is 0.562. The number of ether oxygens (including phenoxy) is 1. The van der Waals surface area contributed by atoms with E-state index in [1.807, 2.05) is 6.92 Å². The van der Waals surface area contributed by atoms with Crippen LogP contribution in [0.1, 0.15) is 39.5 Å². The summed E-state index contributed by atoms with van der Waals surface area (Å²) in [6.07, 6.45) is 3.47. The Morgan fingerprint density at radius 1 is 1.23 bits per heavy atom. The second kappa shape index (κ2) is 6.79. The molecule has 0 radical (unpaired) electrons. The predicted molar refractivity (Wildman–Crippen MR) is 83.8 cm³/mol. The first-order valence-electron chi connectivity index (χ1n) is 7.64. The van der Waals surface area contributed by atoms with Gasteiger partial charge in [-0.1, -0.05) is 31.0 Å². The lowest BCUT2D eigenvalue weighted by molar-refractivity contribution is -0.144. The summed E-state index contributed by atoms with van der Waals surface area (Å²) in [4.78, 5) is 12.1. The Morgan fingerprint density at radius 3 is 2.36 bits per heavy atom. The normalized spacial score (nSPS) is 17.6. The van der Waals surface area contributed by atoms with E-state index in [-0.39, 0.29) is 18.0 Å². The molecule has 1 aromatic rings. The maximum Gasteiger partial charge on any atom is 0.321 e. The Morgan fingerprint density at radius 2 is 1.82 bits per heavy atom. The molecule has 0 saturated heterocycles. The Balaban J connectivity index is 2.37. The van der Waals surface area contributed by atoms with Crippen LogP contribution in [-0.2, 0) is 19.6 Å². The summed E-state index contributed by atoms with van der Waals surface area (Å²) in [5.74, 6) is -0.505. The van der Waals surface area contributed by atoms with E-state index < -0.39 is 21.5 Å². The van der Waals surface area contributed by atoms with Crippen molar-refractivity contribution >= 4 is 16.0 Å². The minimum absolute atomic E-state index is 0.215. The lowest BCUT2D eigenvalue weighted by Crippen LogP contribution is -2.50. The highest BCUT2D eigenvalue weighted by Crippen LogP contribution is 2.38. The number of rotatable bonds is 6. The van der Waals surface area contributed by atoms with E-state index in [4.69, 9.17) is 4.74 Å². The van der Waals surface area contributed by atoms with Crippen molar-refractivity contribution < 1.29 is 17.9 Å². The van der Waals surface area contributed by atoms with E-state index in [9.17, 15) is 13.2 Å². The third kappa shape index (κ3) is 3.50. The van der Waals surface area contributed by atoms with Crippen LogP contribution in [0.2, 0.25) is 0 Å². The fourth-order valence-corrected chi connectivity index (χ4v) is 4.79. The number of benzene rings is 1. The van der Waals surface area contributed by atoms with Crippen LogP contribution in [0.5, 0.6) is 0 Å². The van der Waals surface area contributed by atoms with Gasteiger partial charge in [-0.3, -0.25) is 4.79 Å². The summed E-state index contributed by atoms with van der Waals surface area (Å²) in [6.45, 7) is 3.64. The van der Waals surface area contributed by atoms with E-state index in [1.54, 1.807) is 37.3 Å². The van der Waals surface area contributed by atoms with Gasteiger partial charge in [0.25, 0.3) is 0 Å². The molecule has 0 atom stereocenters. The van der Waals surface area contributed by atoms with Crippen molar-refractivity contribution in [2.45, 2.75) is 50.0 Å². The van der Waals surface area contributed by atoms with Gasteiger partial charge in [-0.25, -0.2) is 8.42 Å². The molecule has 2 rings (SSSR count). The largest absolute Gasteiger partial charge is 0.465 e. The summed E-state index contributed by atoms with van der Waals surface area (Å²) in [6, 6.07) is 8.27. The Hall–Kier alpha value is -1.40. The monoisotopic (exact) mass is 325 g/mol. The van der Waals surface area contributed by atoms with Crippen molar-refractivity contribution in [3.8, 4) is 0 Å². The summed E-state index contributed by atoms with van der Waals surface area (Å²) in [5.41, 5.74) is -0.526. The maximum absolute atomic E-state index is 13.0. The highest BCUT2D eigenvalue weighted by Gasteiger charge is 2.43. The molecule has 0 bridgehead atoms. The molecule has 122 valence electrons. The number of esters is 1. The number of carbonyl (C=O) groups excluding carboxylic acids is 1. The van der Waals surface area contributed by atoms with Gasteiger partial charge in [0, 0.05) is 5.54 Å². The summed E-state index contributed by atoms with van der Waals surface area (Å²) < 4.78 is 32.3. The van der Waals surface area contributed by atoms with Crippen LogP contribution >= 0.6 is 0 Å². The zero-order valence-electron chi connectivity index (χ0n) is 13.1. The molecule has 0 heterocycles. The van der Waals surface area contributed by atoms with Crippen molar-refractivity contribution in [3.63, 3.8) is 0 Å². The lowest BCUT2D eigenvalue weighted by Gasteiger charge is -2.36. The topological polar surface area (TPSA) is 63.7 Å². The van der Waals surface area contributed by atoms with Crippen molar-refractivity contribution in [3.05, 3.63) is 30.3 Å². The van der Waals surface area contributed by atoms with Gasteiger partial charge in [-0.05, 0) is 38.8 Å². The molecule has 0 amide bonds. The summed E-state index contributed by atoms with van der Waals surface area (Å²) in [7, 11) is -3.72. The number of nitrogens with zero attached hydrogens (tertiary/aromatic N) is 1. The van der Waals surface area contributed by atoms with Crippen molar-refractivity contribution in [1.29, 1.82) is 0 Å². The first-order valence-corrected chi connectivity index (χ1v) is 9.08.